The molecule has 0 saturated carbocycles. The molecule has 0 aliphatic rings. The zero-order valence-electron chi connectivity index (χ0n) is 7.27. The molecule has 0 aliphatic heterocycles. The lowest BCUT2D eigenvalue weighted by molar-refractivity contribution is 0.723. The Kier molecular flexibility index (Phi) is 6.31. The van der Waals surface area contributed by atoms with E-state index in [2.05, 4.69) is 70.9 Å². The van der Waals surface area contributed by atoms with E-state index in [1.54, 1.807) is 0 Å². The van der Waals surface area contributed by atoms with Crippen LogP contribution in [0.2, 0.25) is 0 Å². The van der Waals surface area contributed by atoms with Crippen molar-refractivity contribution in [2.24, 2.45) is 4.99 Å². The molecule has 0 aromatic rings. The number of hydrogen-bond acceptors (Lipinski definition) is 1. The molecule has 0 spiro atoms. The van der Waals surface area contributed by atoms with Crippen LogP contribution >= 0.6 is 45.2 Å². The van der Waals surface area contributed by atoms with Gasteiger partial charge < -0.3 is 0 Å². The van der Waals surface area contributed by atoms with Gasteiger partial charge in [0.05, 0.1) is 0 Å². The summed E-state index contributed by atoms with van der Waals surface area (Å²) in [6, 6.07) is 0. The first-order valence-corrected chi connectivity index (χ1v) is 6.19. The largest absolute Gasteiger partial charge is 0.280 e. The van der Waals surface area contributed by atoms with Crippen LogP contribution in [-0.4, -0.2) is 13.7 Å². The Morgan fingerprint density at radius 2 is 2.18 bits per heavy atom. The molecule has 0 aliphatic carbocycles. The number of rotatable bonds is 4. The maximum atomic E-state index is 4.50. The molecule has 0 rings (SSSR count). The molecular formula is C8H15I2N. The molecule has 0 aromatic carbocycles. The molecule has 66 valence electrons. The van der Waals surface area contributed by atoms with Crippen molar-refractivity contribution in [1.29, 1.82) is 0 Å². The van der Waals surface area contributed by atoms with Gasteiger partial charge in [-0.15, -0.1) is 0 Å². The number of unbranched alkanes of at least 4 members (excludes halogenated alkanes) is 1. The number of aliphatic imine (C=N–C) groups is 1. The van der Waals surface area contributed by atoms with Crippen LogP contribution in [0.25, 0.3) is 0 Å². The summed E-state index contributed by atoms with van der Waals surface area (Å²) < 4.78 is 0.654. The summed E-state index contributed by atoms with van der Waals surface area (Å²) in [5.41, 5.74) is 0. The Morgan fingerprint density at radius 1 is 1.64 bits per heavy atom. The molecule has 0 radical (unpaired) electrons. The molecule has 0 fully saturated rings. The summed E-state index contributed by atoms with van der Waals surface area (Å²) in [4.78, 5) is 4.50. The van der Waals surface area contributed by atoms with Crippen molar-refractivity contribution in [3.05, 3.63) is 0 Å². The molecule has 2 atom stereocenters. The Morgan fingerprint density at radius 3 is 2.55 bits per heavy atom. The third-order valence-corrected chi connectivity index (χ3v) is 5.10. The SMILES string of the molecule is CCCC=NC(C)(I)C(C)I. The highest BCUT2D eigenvalue weighted by Gasteiger charge is 2.23. The summed E-state index contributed by atoms with van der Waals surface area (Å²) in [5.74, 6) is 0. The van der Waals surface area contributed by atoms with Crippen molar-refractivity contribution in [2.75, 3.05) is 0 Å². The highest BCUT2D eigenvalue weighted by Crippen LogP contribution is 2.29. The van der Waals surface area contributed by atoms with Crippen LogP contribution in [0.1, 0.15) is 33.6 Å². The fraction of sp³-hybridized carbons (Fsp3) is 0.875. The van der Waals surface area contributed by atoms with Gasteiger partial charge in [0.2, 0.25) is 0 Å². The molecule has 11 heavy (non-hydrogen) atoms. The smallest absolute Gasteiger partial charge is 0.120 e. The van der Waals surface area contributed by atoms with Crippen molar-refractivity contribution in [3.8, 4) is 0 Å². The molecule has 0 saturated heterocycles. The minimum absolute atomic E-state index is 0.0769. The van der Waals surface area contributed by atoms with Gasteiger partial charge in [-0.25, -0.2) is 0 Å². The topological polar surface area (TPSA) is 12.4 Å². The van der Waals surface area contributed by atoms with E-state index in [1.165, 1.54) is 6.42 Å². The lowest BCUT2D eigenvalue weighted by Gasteiger charge is -2.20. The quantitative estimate of drug-likeness (QED) is 0.305. The molecule has 1 nitrogen and oxygen atoms in total. The highest BCUT2D eigenvalue weighted by molar-refractivity contribution is 14.1. The second-order valence-electron chi connectivity index (χ2n) is 2.74. The summed E-state index contributed by atoms with van der Waals surface area (Å²) in [6.07, 6.45) is 4.33. The first-order valence-electron chi connectivity index (χ1n) is 3.87. The van der Waals surface area contributed by atoms with Gasteiger partial charge in [0.1, 0.15) is 3.55 Å². The van der Waals surface area contributed by atoms with Crippen LogP contribution < -0.4 is 0 Å². The molecule has 0 amide bonds. The van der Waals surface area contributed by atoms with Gasteiger partial charge in [0, 0.05) is 10.1 Å². The van der Waals surface area contributed by atoms with Gasteiger partial charge in [-0.05, 0) is 13.3 Å². The normalized spacial score (nSPS) is 20.1. The predicted octanol–water partition coefficient (Wildman–Crippen LogP) is 3.83. The standard InChI is InChI=1S/C8H15I2N/c1-4-5-6-11-8(3,10)7(2)9/h6-7H,4-5H2,1-3H3. The lowest BCUT2D eigenvalue weighted by Crippen LogP contribution is -2.22. The zero-order chi connectivity index (χ0) is 8.91. The van der Waals surface area contributed by atoms with E-state index in [1.807, 2.05) is 6.21 Å². The first kappa shape index (κ1) is 12.1. The fourth-order valence-electron chi connectivity index (χ4n) is 0.475. The summed E-state index contributed by atoms with van der Waals surface area (Å²) in [7, 11) is 0. The second-order valence-corrected chi connectivity index (χ2v) is 6.79. The maximum absolute atomic E-state index is 4.50. The molecule has 0 heterocycles. The van der Waals surface area contributed by atoms with E-state index in [9.17, 15) is 0 Å². The fourth-order valence-corrected chi connectivity index (χ4v) is 0.833. The van der Waals surface area contributed by atoms with Gasteiger partial charge in [0.15, 0.2) is 0 Å². The predicted molar refractivity (Wildman–Crippen MR) is 69.3 cm³/mol. The average Bonchev–Trinajstić information content (AvgIpc) is 1.88. The Labute approximate surface area is 96.7 Å². The third-order valence-electron chi connectivity index (χ3n) is 1.49. The van der Waals surface area contributed by atoms with E-state index < -0.39 is 0 Å². The lowest BCUT2D eigenvalue weighted by atomic mass is 10.3. The molecule has 2 unspecified atom stereocenters. The molecule has 0 bridgehead atoms. The Balaban J connectivity index is 3.90. The molecule has 0 aromatic heterocycles. The third kappa shape index (κ3) is 5.38. The van der Waals surface area contributed by atoms with Gasteiger partial charge in [-0.3, -0.25) is 4.99 Å². The van der Waals surface area contributed by atoms with Crippen LogP contribution in [0.5, 0.6) is 0 Å². The van der Waals surface area contributed by atoms with E-state index in [0.29, 0.717) is 3.92 Å². The minimum atomic E-state index is 0.0769. The number of nitrogens with zero attached hydrogens (tertiary/aromatic N) is 1. The Hall–Kier alpha value is 1.13. The van der Waals surface area contributed by atoms with E-state index in [0.717, 1.165) is 6.42 Å². The van der Waals surface area contributed by atoms with Crippen LogP contribution in [0.4, 0.5) is 0 Å². The van der Waals surface area contributed by atoms with Crippen molar-refractivity contribution in [3.63, 3.8) is 0 Å². The van der Waals surface area contributed by atoms with Crippen LogP contribution in [0.15, 0.2) is 4.99 Å². The van der Waals surface area contributed by atoms with Gasteiger partial charge >= 0.3 is 0 Å². The van der Waals surface area contributed by atoms with E-state index >= 15 is 0 Å². The maximum Gasteiger partial charge on any atom is 0.120 e. The number of alkyl halides is 2. The van der Waals surface area contributed by atoms with Crippen molar-refractivity contribution < 1.29 is 0 Å². The number of hydrogen-bond donors (Lipinski definition) is 0. The second kappa shape index (κ2) is 5.72. The first-order chi connectivity index (χ1) is 5.00. The monoisotopic (exact) mass is 379 g/mol. The zero-order valence-corrected chi connectivity index (χ0v) is 11.6. The number of halogens is 2. The summed E-state index contributed by atoms with van der Waals surface area (Å²) in [5, 5.41) is 0. The average molecular weight is 379 g/mol. The van der Waals surface area contributed by atoms with Crippen molar-refractivity contribution >= 4 is 51.4 Å². The highest BCUT2D eigenvalue weighted by atomic mass is 127. The van der Waals surface area contributed by atoms with Crippen molar-refractivity contribution in [1.82, 2.24) is 0 Å². The summed E-state index contributed by atoms with van der Waals surface area (Å²) in [6.45, 7) is 6.52. The van der Waals surface area contributed by atoms with Crippen LogP contribution in [0, 0.1) is 0 Å². The van der Waals surface area contributed by atoms with E-state index in [4.69, 9.17) is 0 Å². The van der Waals surface area contributed by atoms with Gasteiger partial charge in [0.25, 0.3) is 0 Å². The van der Waals surface area contributed by atoms with E-state index in [-0.39, 0.29) is 3.55 Å². The summed E-state index contributed by atoms with van der Waals surface area (Å²) >= 11 is 4.82. The molecule has 0 N–H and O–H groups in total. The molecular weight excluding hydrogens is 364 g/mol. The van der Waals surface area contributed by atoms with Crippen LogP contribution in [0.3, 0.4) is 0 Å². The van der Waals surface area contributed by atoms with Crippen LogP contribution in [-0.2, 0) is 0 Å². The van der Waals surface area contributed by atoms with Crippen molar-refractivity contribution in [2.45, 2.75) is 41.1 Å². The minimum Gasteiger partial charge on any atom is -0.280 e. The van der Waals surface area contributed by atoms with Gasteiger partial charge in [-0.1, -0.05) is 65.5 Å². The van der Waals surface area contributed by atoms with Gasteiger partial charge in [-0.2, -0.15) is 0 Å². The Bertz CT molecular complexity index is 130. The molecule has 3 heteroatoms.